The first-order chi connectivity index (χ1) is 8.16. The first-order valence-corrected chi connectivity index (χ1v) is 6.81. The topological polar surface area (TPSA) is 15.3 Å². The lowest BCUT2D eigenvalue weighted by Gasteiger charge is -2.31. The van der Waals surface area contributed by atoms with E-state index in [1.54, 1.807) is 0 Å². The summed E-state index contributed by atoms with van der Waals surface area (Å²) in [5.41, 5.74) is 0.772. The van der Waals surface area contributed by atoms with E-state index in [2.05, 4.69) is 33.2 Å². The molecule has 0 atom stereocenters. The first kappa shape index (κ1) is 15.9. The van der Waals surface area contributed by atoms with Crippen LogP contribution in [0.4, 0.5) is 4.39 Å². The molecule has 1 fully saturated rings. The van der Waals surface area contributed by atoms with Gasteiger partial charge in [0.1, 0.15) is 5.82 Å². The van der Waals surface area contributed by atoms with Gasteiger partial charge in [0.15, 0.2) is 0 Å². The molecule has 2 nitrogen and oxygen atoms in total. The van der Waals surface area contributed by atoms with Crippen LogP contribution in [0.15, 0.2) is 22.7 Å². The molecule has 1 saturated heterocycles. The van der Waals surface area contributed by atoms with Crippen molar-refractivity contribution in [3.63, 3.8) is 0 Å². The molecule has 0 unspecified atom stereocenters. The second-order valence-electron chi connectivity index (χ2n) is 4.63. The number of piperidine rings is 1. The summed E-state index contributed by atoms with van der Waals surface area (Å²) in [6.07, 6.45) is 2.29. The molecule has 1 aliphatic rings. The lowest BCUT2D eigenvalue weighted by Crippen LogP contribution is -2.40. The largest absolute Gasteiger partial charge is 0.317 e. The molecule has 1 aromatic carbocycles. The van der Waals surface area contributed by atoms with Crippen LogP contribution in [0.1, 0.15) is 18.4 Å². The molecule has 1 N–H and O–H groups in total. The molecule has 1 heterocycles. The van der Waals surface area contributed by atoms with Crippen molar-refractivity contribution in [2.24, 2.45) is 0 Å². The molecule has 5 heteroatoms. The minimum Gasteiger partial charge on any atom is -0.317 e. The number of nitrogens with zero attached hydrogens (tertiary/aromatic N) is 1. The van der Waals surface area contributed by atoms with Gasteiger partial charge in [0.2, 0.25) is 0 Å². The molecule has 1 aliphatic heterocycles. The molecular weight excluding hydrogens is 319 g/mol. The van der Waals surface area contributed by atoms with Crippen LogP contribution in [-0.4, -0.2) is 31.1 Å². The van der Waals surface area contributed by atoms with Gasteiger partial charge in [-0.2, -0.15) is 0 Å². The summed E-state index contributed by atoms with van der Waals surface area (Å²) in [7, 11) is 2.08. The summed E-state index contributed by atoms with van der Waals surface area (Å²) >= 11 is 3.28. The molecule has 0 bridgehead atoms. The van der Waals surface area contributed by atoms with E-state index in [0.717, 1.165) is 36.0 Å². The van der Waals surface area contributed by atoms with Crippen LogP contribution in [-0.2, 0) is 6.54 Å². The summed E-state index contributed by atoms with van der Waals surface area (Å²) in [4.78, 5) is 2.26. The second-order valence-corrected chi connectivity index (χ2v) is 5.55. The number of benzene rings is 1. The standard InChI is InChI=1S/C13H18BrFN2.ClH/c1-17(12-4-6-16-7-5-12)9-10-2-3-11(14)8-13(10)15;/h2-3,8,12,16H,4-7,9H2,1H3;1H. The molecule has 0 spiro atoms. The Balaban J connectivity index is 0.00000162. The van der Waals surface area contributed by atoms with Crippen LogP contribution in [0.25, 0.3) is 0 Å². The highest BCUT2D eigenvalue weighted by molar-refractivity contribution is 9.10. The number of halogens is 3. The van der Waals surface area contributed by atoms with Crippen molar-refractivity contribution in [2.75, 3.05) is 20.1 Å². The van der Waals surface area contributed by atoms with Gasteiger partial charge < -0.3 is 5.32 Å². The predicted octanol–water partition coefficient (Wildman–Crippen LogP) is 3.19. The van der Waals surface area contributed by atoms with Crippen LogP contribution >= 0.6 is 28.3 Å². The minimum atomic E-state index is -0.125. The number of rotatable bonds is 3. The first-order valence-electron chi connectivity index (χ1n) is 6.01. The van der Waals surface area contributed by atoms with Crippen molar-refractivity contribution in [1.82, 2.24) is 10.2 Å². The molecule has 0 amide bonds. The van der Waals surface area contributed by atoms with Crippen LogP contribution in [0, 0.1) is 5.82 Å². The van der Waals surface area contributed by atoms with Gasteiger partial charge in [-0.15, -0.1) is 12.4 Å². The summed E-state index contributed by atoms with van der Waals surface area (Å²) in [6.45, 7) is 2.82. The Morgan fingerprint density at radius 3 is 2.67 bits per heavy atom. The van der Waals surface area contributed by atoms with Crippen LogP contribution in [0.3, 0.4) is 0 Å². The zero-order valence-electron chi connectivity index (χ0n) is 10.5. The smallest absolute Gasteiger partial charge is 0.128 e. The highest BCUT2D eigenvalue weighted by Gasteiger charge is 2.18. The molecule has 2 rings (SSSR count). The molecule has 1 aromatic rings. The minimum absolute atomic E-state index is 0. The Morgan fingerprint density at radius 1 is 1.39 bits per heavy atom. The molecular formula is C13H19BrClFN2. The van der Waals surface area contributed by atoms with E-state index in [9.17, 15) is 4.39 Å². The van der Waals surface area contributed by atoms with Gasteiger partial charge in [0.25, 0.3) is 0 Å². The zero-order valence-corrected chi connectivity index (χ0v) is 12.9. The molecule has 0 aliphatic carbocycles. The van der Waals surface area contributed by atoms with E-state index >= 15 is 0 Å². The normalized spacial score (nSPS) is 16.7. The monoisotopic (exact) mass is 336 g/mol. The fraction of sp³-hybridized carbons (Fsp3) is 0.538. The number of hydrogen-bond donors (Lipinski definition) is 1. The SMILES string of the molecule is CN(Cc1ccc(Br)cc1F)C1CCNCC1.Cl. The van der Waals surface area contributed by atoms with Crippen LogP contribution in [0.5, 0.6) is 0 Å². The second kappa shape index (κ2) is 7.43. The number of nitrogens with one attached hydrogen (secondary N) is 1. The summed E-state index contributed by atoms with van der Waals surface area (Å²) < 4.78 is 14.5. The zero-order chi connectivity index (χ0) is 12.3. The maximum Gasteiger partial charge on any atom is 0.128 e. The van der Waals surface area contributed by atoms with Gasteiger partial charge >= 0.3 is 0 Å². The van der Waals surface area contributed by atoms with E-state index in [4.69, 9.17) is 0 Å². The number of hydrogen-bond acceptors (Lipinski definition) is 2. The maximum atomic E-state index is 13.7. The molecule has 0 radical (unpaired) electrons. The fourth-order valence-corrected chi connectivity index (χ4v) is 2.63. The Hall–Kier alpha value is -0.160. The lowest BCUT2D eigenvalue weighted by atomic mass is 10.0. The van der Waals surface area contributed by atoms with E-state index in [0.29, 0.717) is 12.6 Å². The Kier molecular flexibility index (Phi) is 6.57. The van der Waals surface area contributed by atoms with Gasteiger partial charge in [-0.25, -0.2) is 4.39 Å². The van der Waals surface area contributed by atoms with Crippen molar-refractivity contribution < 1.29 is 4.39 Å². The maximum absolute atomic E-state index is 13.7. The highest BCUT2D eigenvalue weighted by atomic mass is 79.9. The van der Waals surface area contributed by atoms with Gasteiger partial charge in [0.05, 0.1) is 0 Å². The Bertz CT molecular complexity index is 383. The van der Waals surface area contributed by atoms with E-state index in [1.165, 1.54) is 6.07 Å². The summed E-state index contributed by atoms with van der Waals surface area (Å²) in [6, 6.07) is 5.86. The lowest BCUT2D eigenvalue weighted by molar-refractivity contribution is 0.190. The van der Waals surface area contributed by atoms with Gasteiger partial charge in [0, 0.05) is 22.6 Å². The van der Waals surface area contributed by atoms with E-state index in [1.807, 2.05) is 12.1 Å². The summed E-state index contributed by atoms with van der Waals surface area (Å²) in [5, 5.41) is 3.35. The Labute approximate surface area is 122 Å². The summed E-state index contributed by atoms with van der Waals surface area (Å²) in [5.74, 6) is -0.125. The third-order valence-electron chi connectivity index (χ3n) is 3.37. The van der Waals surface area contributed by atoms with Crippen LogP contribution < -0.4 is 5.32 Å². The van der Waals surface area contributed by atoms with E-state index < -0.39 is 0 Å². The predicted molar refractivity (Wildman–Crippen MR) is 78.7 cm³/mol. The van der Waals surface area contributed by atoms with Gasteiger partial charge in [-0.3, -0.25) is 4.90 Å². The molecule has 102 valence electrons. The van der Waals surface area contributed by atoms with Crippen molar-refractivity contribution in [2.45, 2.75) is 25.4 Å². The van der Waals surface area contributed by atoms with E-state index in [-0.39, 0.29) is 18.2 Å². The van der Waals surface area contributed by atoms with Crippen molar-refractivity contribution in [3.8, 4) is 0 Å². The average Bonchev–Trinajstić information content (AvgIpc) is 2.34. The third kappa shape index (κ3) is 4.19. The Morgan fingerprint density at radius 2 is 2.06 bits per heavy atom. The molecule has 0 saturated carbocycles. The van der Waals surface area contributed by atoms with Crippen molar-refractivity contribution in [3.05, 3.63) is 34.1 Å². The fourth-order valence-electron chi connectivity index (χ4n) is 2.30. The van der Waals surface area contributed by atoms with Crippen molar-refractivity contribution in [1.29, 1.82) is 0 Å². The molecule has 18 heavy (non-hydrogen) atoms. The average molecular weight is 338 g/mol. The van der Waals surface area contributed by atoms with Gasteiger partial charge in [-0.05, 0) is 45.1 Å². The molecule has 0 aromatic heterocycles. The van der Waals surface area contributed by atoms with Crippen molar-refractivity contribution >= 4 is 28.3 Å². The highest BCUT2D eigenvalue weighted by Crippen LogP contribution is 2.19. The van der Waals surface area contributed by atoms with Crippen LogP contribution in [0.2, 0.25) is 0 Å². The quantitative estimate of drug-likeness (QED) is 0.911. The van der Waals surface area contributed by atoms with Gasteiger partial charge in [-0.1, -0.05) is 22.0 Å². The third-order valence-corrected chi connectivity index (χ3v) is 3.86.